The van der Waals surface area contributed by atoms with Gasteiger partial charge in [0.15, 0.2) is 0 Å². The van der Waals surface area contributed by atoms with Gasteiger partial charge in [-0.25, -0.2) is 9.67 Å². The van der Waals surface area contributed by atoms with Crippen molar-refractivity contribution in [3.05, 3.63) is 76.4 Å². The molecule has 150 valence electrons. The molecule has 0 unspecified atom stereocenters. The van der Waals surface area contributed by atoms with Gasteiger partial charge in [-0.3, -0.25) is 19.8 Å². The number of carbonyl (C=O) groups excluding carboxylic acids is 1. The number of nitrogens with one attached hydrogen (secondary N) is 1. The number of rotatable bonds is 7. The molecule has 0 aliphatic rings. The van der Waals surface area contributed by atoms with Crippen molar-refractivity contribution < 1.29 is 9.72 Å². The summed E-state index contributed by atoms with van der Waals surface area (Å²) in [5.41, 5.74) is 2.77. The fourth-order valence-electron chi connectivity index (χ4n) is 2.95. The van der Waals surface area contributed by atoms with Crippen LogP contribution in [0.25, 0.3) is 5.69 Å². The highest BCUT2D eigenvalue weighted by atomic mass is 16.6. The van der Waals surface area contributed by atoms with Crippen LogP contribution in [0.15, 0.2) is 55.1 Å². The minimum atomic E-state index is -0.494. The van der Waals surface area contributed by atoms with Crippen LogP contribution in [0.4, 0.5) is 11.4 Å². The Labute approximate surface area is 168 Å². The van der Waals surface area contributed by atoms with E-state index in [4.69, 9.17) is 0 Å². The molecule has 1 heterocycles. The summed E-state index contributed by atoms with van der Waals surface area (Å²) in [6.07, 6.45) is 3.10. The number of carbonyl (C=O) groups is 1. The lowest BCUT2D eigenvalue weighted by atomic mass is 10.1. The topological polar surface area (TPSA) is 106 Å². The second-order valence-corrected chi connectivity index (χ2v) is 6.85. The summed E-state index contributed by atoms with van der Waals surface area (Å²) >= 11 is 0. The van der Waals surface area contributed by atoms with E-state index in [9.17, 15) is 14.9 Å². The normalized spacial score (nSPS) is 12.0. The van der Waals surface area contributed by atoms with Gasteiger partial charge < -0.3 is 5.32 Å². The molecule has 0 spiro atoms. The predicted molar refractivity (Wildman–Crippen MR) is 109 cm³/mol. The van der Waals surface area contributed by atoms with Gasteiger partial charge in [-0.1, -0.05) is 18.2 Å². The number of hydrogen-bond donors (Lipinski definition) is 1. The molecule has 0 aliphatic heterocycles. The number of aromatic nitrogens is 3. The number of anilines is 1. The van der Waals surface area contributed by atoms with Crippen LogP contribution in [0.1, 0.15) is 24.1 Å². The molecule has 1 amide bonds. The van der Waals surface area contributed by atoms with Crippen molar-refractivity contribution in [1.82, 2.24) is 19.7 Å². The van der Waals surface area contributed by atoms with Crippen molar-refractivity contribution in [3.63, 3.8) is 0 Å². The summed E-state index contributed by atoms with van der Waals surface area (Å²) in [4.78, 5) is 29.0. The van der Waals surface area contributed by atoms with Crippen LogP contribution in [0.5, 0.6) is 0 Å². The zero-order valence-corrected chi connectivity index (χ0v) is 16.4. The lowest BCUT2D eigenvalue weighted by Crippen LogP contribution is -2.32. The highest BCUT2D eigenvalue weighted by Crippen LogP contribution is 2.26. The van der Waals surface area contributed by atoms with Crippen LogP contribution in [0.2, 0.25) is 0 Å². The third kappa shape index (κ3) is 4.82. The zero-order chi connectivity index (χ0) is 21.0. The van der Waals surface area contributed by atoms with E-state index in [0.717, 1.165) is 16.8 Å². The van der Waals surface area contributed by atoms with E-state index in [0.29, 0.717) is 0 Å². The van der Waals surface area contributed by atoms with E-state index in [1.165, 1.54) is 12.4 Å². The Bertz CT molecular complexity index is 1000. The Balaban J connectivity index is 1.64. The molecule has 1 aromatic heterocycles. The first-order chi connectivity index (χ1) is 13.8. The molecule has 9 nitrogen and oxygen atoms in total. The van der Waals surface area contributed by atoms with Crippen LogP contribution < -0.4 is 5.32 Å². The Morgan fingerprint density at radius 2 is 2.00 bits per heavy atom. The number of hydrogen-bond acceptors (Lipinski definition) is 6. The van der Waals surface area contributed by atoms with Gasteiger partial charge in [0.2, 0.25) is 5.91 Å². The van der Waals surface area contributed by atoms with Crippen LogP contribution >= 0.6 is 0 Å². The van der Waals surface area contributed by atoms with Crippen molar-refractivity contribution in [2.45, 2.75) is 19.9 Å². The van der Waals surface area contributed by atoms with Crippen molar-refractivity contribution in [3.8, 4) is 5.69 Å². The number of benzene rings is 2. The highest BCUT2D eigenvalue weighted by molar-refractivity contribution is 5.94. The molecule has 0 fully saturated rings. The van der Waals surface area contributed by atoms with Crippen LogP contribution in [0, 0.1) is 17.0 Å². The quantitative estimate of drug-likeness (QED) is 0.487. The fraction of sp³-hybridized carbons (Fsp3) is 0.250. The second-order valence-electron chi connectivity index (χ2n) is 6.85. The van der Waals surface area contributed by atoms with Crippen LogP contribution in [-0.4, -0.2) is 44.1 Å². The molecule has 1 N–H and O–H groups in total. The monoisotopic (exact) mass is 394 g/mol. The molecule has 0 aliphatic carbocycles. The van der Waals surface area contributed by atoms with E-state index in [1.54, 1.807) is 30.1 Å². The summed E-state index contributed by atoms with van der Waals surface area (Å²) in [6, 6.07) is 12.5. The first-order valence-corrected chi connectivity index (χ1v) is 9.05. The van der Waals surface area contributed by atoms with Gasteiger partial charge in [0.05, 0.1) is 17.2 Å². The summed E-state index contributed by atoms with van der Waals surface area (Å²) in [5.74, 6) is -0.314. The SMILES string of the molecule is Cc1ccc(NC(=O)CN(C)[C@@H](C)c2ccc(-n3cncn3)cc2)c([N+](=O)[O-])c1. The first-order valence-electron chi connectivity index (χ1n) is 9.05. The Hall–Kier alpha value is -3.59. The standard InChI is InChI=1S/C20H22N6O3/c1-14-4-9-18(19(10-14)26(28)29)23-20(27)11-24(3)15(2)16-5-7-17(8-6-16)25-13-21-12-22-25/h4-10,12-13,15H,11H2,1-3H3,(H,23,27)/t15-/m0/s1. The fourth-order valence-corrected chi connectivity index (χ4v) is 2.95. The highest BCUT2D eigenvalue weighted by Gasteiger charge is 2.19. The maximum Gasteiger partial charge on any atom is 0.293 e. The van der Waals surface area contributed by atoms with E-state index < -0.39 is 4.92 Å². The number of nitro groups is 1. The maximum atomic E-state index is 12.4. The Morgan fingerprint density at radius 1 is 1.28 bits per heavy atom. The van der Waals surface area contributed by atoms with Crippen LogP contribution in [-0.2, 0) is 4.79 Å². The van der Waals surface area contributed by atoms with Crippen molar-refractivity contribution in [2.24, 2.45) is 0 Å². The van der Waals surface area contributed by atoms with Gasteiger partial charge in [-0.15, -0.1) is 0 Å². The average Bonchev–Trinajstić information content (AvgIpc) is 3.23. The first kappa shape index (κ1) is 20.2. The zero-order valence-electron chi connectivity index (χ0n) is 16.4. The molecule has 29 heavy (non-hydrogen) atoms. The van der Waals surface area contributed by atoms with Gasteiger partial charge in [0, 0.05) is 12.1 Å². The maximum absolute atomic E-state index is 12.4. The van der Waals surface area contributed by atoms with Crippen LogP contribution in [0.3, 0.4) is 0 Å². The van der Waals surface area contributed by atoms with Gasteiger partial charge in [0.25, 0.3) is 5.69 Å². The number of amides is 1. The summed E-state index contributed by atoms with van der Waals surface area (Å²) in [5, 5.41) is 18.0. The lowest BCUT2D eigenvalue weighted by Gasteiger charge is -2.24. The molecule has 9 heteroatoms. The van der Waals surface area contributed by atoms with E-state index >= 15 is 0 Å². The third-order valence-electron chi connectivity index (χ3n) is 4.74. The molecule has 1 atom stereocenters. The van der Waals surface area contributed by atoms with Gasteiger partial charge in [-0.05, 0) is 50.2 Å². The number of aryl methyl sites for hydroxylation is 1. The molecule has 0 radical (unpaired) electrons. The molecule has 3 aromatic rings. The average molecular weight is 394 g/mol. The molecule has 0 saturated heterocycles. The van der Waals surface area contributed by atoms with E-state index in [2.05, 4.69) is 15.4 Å². The summed E-state index contributed by atoms with van der Waals surface area (Å²) in [6.45, 7) is 3.85. The number of likely N-dealkylation sites (N-methyl/N-ethyl adjacent to an activating group) is 1. The minimum absolute atomic E-state index is 0.0291. The van der Waals surface area contributed by atoms with Crippen molar-refractivity contribution >= 4 is 17.3 Å². The Morgan fingerprint density at radius 3 is 2.62 bits per heavy atom. The minimum Gasteiger partial charge on any atom is -0.319 e. The van der Waals surface area contributed by atoms with Gasteiger partial charge in [-0.2, -0.15) is 5.10 Å². The Kier molecular flexibility index (Phi) is 5.99. The summed E-state index contributed by atoms with van der Waals surface area (Å²) < 4.78 is 1.67. The summed E-state index contributed by atoms with van der Waals surface area (Å²) in [7, 11) is 1.83. The smallest absolute Gasteiger partial charge is 0.293 e. The number of nitrogens with zero attached hydrogens (tertiary/aromatic N) is 5. The lowest BCUT2D eigenvalue weighted by molar-refractivity contribution is -0.384. The molecular formula is C20H22N6O3. The largest absolute Gasteiger partial charge is 0.319 e. The molecule has 3 rings (SSSR count). The molecule has 0 saturated carbocycles. The predicted octanol–water partition coefficient (Wildman–Crippen LogP) is 3.12. The number of nitro benzene ring substituents is 1. The van der Waals surface area contributed by atoms with E-state index in [-0.39, 0.29) is 29.9 Å². The van der Waals surface area contributed by atoms with Gasteiger partial charge >= 0.3 is 0 Å². The molecular weight excluding hydrogens is 372 g/mol. The third-order valence-corrected chi connectivity index (χ3v) is 4.74. The molecule has 0 bridgehead atoms. The van der Waals surface area contributed by atoms with E-state index in [1.807, 2.05) is 43.1 Å². The van der Waals surface area contributed by atoms with Crippen molar-refractivity contribution in [1.29, 1.82) is 0 Å². The molecule has 2 aromatic carbocycles. The van der Waals surface area contributed by atoms with Gasteiger partial charge in [0.1, 0.15) is 18.3 Å². The second kappa shape index (κ2) is 8.61. The van der Waals surface area contributed by atoms with Crippen molar-refractivity contribution in [2.75, 3.05) is 18.9 Å².